The molecule has 1 saturated carbocycles. The summed E-state index contributed by atoms with van der Waals surface area (Å²) in [6.45, 7) is 2.85. The summed E-state index contributed by atoms with van der Waals surface area (Å²) in [6, 6.07) is 5.31. The normalized spacial score (nSPS) is 19.5. The van der Waals surface area contributed by atoms with Crippen molar-refractivity contribution in [3.8, 4) is 11.5 Å². The number of benzene rings is 1. The Hall–Kier alpha value is -2.24. The number of carbonyl (C=O) groups excluding carboxylic acids is 2. The van der Waals surface area contributed by atoms with Gasteiger partial charge in [0.25, 0.3) is 0 Å². The second-order valence-electron chi connectivity index (χ2n) is 6.75. The van der Waals surface area contributed by atoms with Gasteiger partial charge in [0, 0.05) is 24.4 Å². The van der Waals surface area contributed by atoms with Crippen molar-refractivity contribution in [3.63, 3.8) is 0 Å². The molecule has 0 atom stereocenters. The average molecular weight is 362 g/mol. The molecule has 0 heterocycles. The van der Waals surface area contributed by atoms with Crippen molar-refractivity contribution in [2.24, 2.45) is 11.8 Å². The van der Waals surface area contributed by atoms with Crippen LogP contribution in [0.1, 0.15) is 45.4 Å². The molecule has 1 aliphatic rings. The van der Waals surface area contributed by atoms with E-state index >= 15 is 0 Å². The van der Waals surface area contributed by atoms with E-state index in [9.17, 15) is 9.59 Å². The minimum atomic E-state index is -0.0781. The Kier molecular flexibility index (Phi) is 7.75. The number of anilines is 1. The Morgan fingerprint density at radius 3 is 2.27 bits per heavy atom. The first kappa shape index (κ1) is 20.1. The lowest BCUT2D eigenvalue weighted by atomic mass is 9.81. The van der Waals surface area contributed by atoms with Gasteiger partial charge in [0.2, 0.25) is 11.8 Å². The quantitative estimate of drug-likeness (QED) is 0.695. The van der Waals surface area contributed by atoms with Crippen LogP contribution in [-0.2, 0) is 9.59 Å². The predicted octanol–water partition coefficient (Wildman–Crippen LogP) is 3.37. The number of methoxy groups -OCH3 is 2. The smallest absolute Gasteiger partial charge is 0.227 e. The molecular weight excluding hydrogens is 332 g/mol. The summed E-state index contributed by atoms with van der Waals surface area (Å²) in [4.78, 5) is 24.8. The summed E-state index contributed by atoms with van der Waals surface area (Å²) in [7, 11) is 3.15. The monoisotopic (exact) mass is 362 g/mol. The zero-order valence-corrected chi connectivity index (χ0v) is 16.0. The molecule has 144 valence electrons. The van der Waals surface area contributed by atoms with Gasteiger partial charge in [0.05, 0.1) is 19.9 Å². The van der Waals surface area contributed by atoms with Gasteiger partial charge in [0.1, 0.15) is 11.5 Å². The Morgan fingerprint density at radius 2 is 1.69 bits per heavy atom. The third kappa shape index (κ3) is 5.38. The number of amides is 2. The number of carbonyl (C=O) groups is 2. The maximum atomic E-state index is 12.6. The van der Waals surface area contributed by atoms with E-state index < -0.39 is 0 Å². The van der Waals surface area contributed by atoms with Crippen LogP contribution in [0.25, 0.3) is 0 Å². The minimum Gasteiger partial charge on any atom is -0.497 e. The summed E-state index contributed by atoms with van der Waals surface area (Å²) in [5.74, 6) is 1.32. The number of nitrogens with one attached hydrogen (secondary N) is 2. The van der Waals surface area contributed by atoms with Gasteiger partial charge in [-0.15, -0.1) is 0 Å². The van der Waals surface area contributed by atoms with Crippen molar-refractivity contribution in [2.75, 3.05) is 26.1 Å². The van der Waals surface area contributed by atoms with E-state index in [1.54, 1.807) is 32.4 Å². The van der Waals surface area contributed by atoms with E-state index in [4.69, 9.17) is 9.47 Å². The summed E-state index contributed by atoms with van der Waals surface area (Å²) < 4.78 is 10.5. The lowest BCUT2D eigenvalue weighted by molar-refractivity contribution is -0.128. The Balaban J connectivity index is 1.88. The second kappa shape index (κ2) is 10.0. The van der Waals surface area contributed by atoms with Gasteiger partial charge in [-0.25, -0.2) is 0 Å². The lowest BCUT2D eigenvalue weighted by Crippen LogP contribution is -2.35. The van der Waals surface area contributed by atoms with E-state index in [2.05, 4.69) is 17.6 Å². The van der Waals surface area contributed by atoms with Crippen LogP contribution in [-0.4, -0.2) is 32.6 Å². The third-order valence-corrected chi connectivity index (χ3v) is 4.96. The number of unbranched alkanes of at least 4 members (excludes halogenated alkanes) is 1. The lowest BCUT2D eigenvalue weighted by Gasteiger charge is -2.27. The molecule has 0 radical (unpaired) electrons. The number of hydrogen-bond acceptors (Lipinski definition) is 4. The number of hydrogen-bond donors (Lipinski definition) is 2. The van der Waals surface area contributed by atoms with Crippen molar-refractivity contribution in [1.82, 2.24) is 5.32 Å². The predicted molar refractivity (Wildman–Crippen MR) is 102 cm³/mol. The molecule has 1 aromatic carbocycles. The number of ether oxygens (including phenoxy) is 2. The van der Waals surface area contributed by atoms with Crippen LogP contribution in [0.2, 0.25) is 0 Å². The van der Waals surface area contributed by atoms with Crippen LogP contribution in [0.5, 0.6) is 11.5 Å². The molecule has 0 saturated heterocycles. The van der Waals surface area contributed by atoms with Gasteiger partial charge >= 0.3 is 0 Å². The van der Waals surface area contributed by atoms with Crippen molar-refractivity contribution in [3.05, 3.63) is 18.2 Å². The second-order valence-corrected chi connectivity index (χ2v) is 6.75. The first-order valence-corrected chi connectivity index (χ1v) is 9.39. The van der Waals surface area contributed by atoms with Gasteiger partial charge in [-0.1, -0.05) is 13.3 Å². The standard InChI is InChI=1S/C20H30N2O4/c1-4-5-12-21-19(23)14-6-8-15(9-7-14)20(24)22-17-13-16(25-2)10-11-18(17)26-3/h10-11,13-15H,4-9,12H2,1-3H3,(H,21,23)(H,22,24). The molecule has 6 nitrogen and oxygen atoms in total. The molecule has 6 heteroatoms. The van der Waals surface area contributed by atoms with Crippen LogP contribution >= 0.6 is 0 Å². The van der Waals surface area contributed by atoms with E-state index in [0.717, 1.165) is 45.1 Å². The fourth-order valence-electron chi connectivity index (χ4n) is 3.30. The van der Waals surface area contributed by atoms with Gasteiger partial charge in [-0.3, -0.25) is 9.59 Å². The zero-order chi connectivity index (χ0) is 18.9. The topological polar surface area (TPSA) is 76.7 Å². The molecule has 0 aromatic heterocycles. The largest absolute Gasteiger partial charge is 0.497 e. The van der Waals surface area contributed by atoms with Crippen molar-refractivity contribution in [2.45, 2.75) is 45.4 Å². The number of rotatable bonds is 8. The minimum absolute atomic E-state index is 0.0265. The highest BCUT2D eigenvalue weighted by Gasteiger charge is 2.30. The summed E-state index contributed by atoms with van der Waals surface area (Å²) in [5, 5.41) is 5.94. The Morgan fingerprint density at radius 1 is 1.04 bits per heavy atom. The molecule has 0 aliphatic heterocycles. The molecule has 1 aliphatic carbocycles. The highest BCUT2D eigenvalue weighted by Crippen LogP contribution is 2.33. The summed E-state index contributed by atoms with van der Waals surface area (Å²) in [5.41, 5.74) is 0.608. The molecule has 2 rings (SSSR count). The molecular formula is C20H30N2O4. The van der Waals surface area contributed by atoms with Crippen LogP contribution < -0.4 is 20.1 Å². The van der Waals surface area contributed by atoms with Crippen LogP contribution in [0.15, 0.2) is 18.2 Å². The average Bonchev–Trinajstić information content (AvgIpc) is 2.68. The summed E-state index contributed by atoms with van der Waals surface area (Å²) in [6.07, 6.45) is 5.04. The van der Waals surface area contributed by atoms with Gasteiger partial charge in [0.15, 0.2) is 0 Å². The maximum Gasteiger partial charge on any atom is 0.227 e. The fourth-order valence-corrected chi connectivity index (χ4v) is 3.30. The highest BCUT2D eigenvalue weighted by atomic mass is 16.5. The first-order chi connectivity index (χ1) is 12.6. The van der Waals surface area contributed by atoms with E-state index in [1.807, 2.05) is 0 Å². The van der Waals surface area contributed by atoms with Crippen molar-refractivity contribution < 1.29 is 19.1 Å². The van der Waals surface area contributed by atoms with Crippen LogP contribution in [0.3, 0.4) is 0 Å². The SMILES string of the molecule is CCCCNC(=O)C1CCC(C(=O)Nc2cc(OC)ccc2OC)CC1. The van der Waals surface area contributed by atoms with E-state index in [1.165, 1.54) is 0 Å². The molecule has 2 N–H and O–H groups in total. The zero-order valence-electron chi connectivity index (χ0n) is 16.0. The van der Waals surface area contributed by atoms with E-state index in [-0.39, 0.29) is 23.7 Å². The fraction of sp³-hybridized carbons (Fsp3) is 0.600. The van der Waals surface area contributed by atoms with Gasteiger partial charge in [-0.2, -0.15) is 0 Å². The molecule has 0 spiro atoms. The molecule has 2 amide bonds. The summed E-state index contributed by atoms with van der Waals surface area (Å²) >= 11 is 0. The van der Waals surface area contributed by atoms with Crippen molar-refractivity contribution in [1.29, 1.82) is 0 Å². The maximum absolute atomic E-state index is 12.6. The van der Waals surface area contributed by atoms with Crippen LogP contribution in [0, 0.1) is 11.8 Å². The van der Waals surface area contributed by atoms with E-state index in [0.29, 0.717) is 17.2 Å². The Bertz CT molecular complexity index is 610. The molecule has 1 aromatic rings. The first-order valence-electron chi connectivity index (χ1n) is 9.39. The molecule has 1 fully saturated rings. The molecule has 26 heavy (non-hydrogen) atoms. The van der Waals surface area contributed by atoms with Crippen molar-refractivity contribution >= 4 is 17.5 Å². The molecule has 0 unspecified atom stereocenters. The third-order valence-electron chi connectivity index (χ3n) is 4.96. The van der Waals surface area contributed by atoms with Crippen LogP contribution in [0.4, 0.5) is 5.69 Å². The Labute approximate surface area is 155 Å². The van der Waals surface area contributed by atoms with Gasteiger partial charge < -0.3 is 20.1 Å². The van der Waals surface area contributed by atoms with Gasteiger partial charge in [-0.05, 0) is 44.2 Å². The molecule has 0 bridgehead atoms. The highest BCUT2D eigenvalue weighted by molar-refractivity contribution is 5.94.